The fourth-order valence-electron chi connectivity index (χ4n) is 5.29. The van der Waals surface area contributed by atoms with E-state index in [-0.39, 0.29) is 0 Å². The van der Waals surface area contributed by atoms with Crippen LogP contribution in [0.4, 0.5) is 0 Å². The molecular formula is C24H30. The van der Waals surface area contributed by atoms with Crippen LogP contribution in [0.5, 0.6) is 0 Å². The first-order chi connectivity index (χ1) is 11.2. The van der Waals surface area contributed by atoms with Crippen molar-refractivity contribution in [1.82, 2.24) is 0 Å². The average molecular weight is 319 g/mol. The van der Waals surface area contributed by atoms with Crippen LogP contribution in [0.3, 0.4) is 0 Å². The number of fused-ring (bicyclic) bond motifs is 2. The van der Waals surface area contributed by atoms with E-state index in [0.717, 1.165) is 0 Å². The van der Waals surface area contributed by atoms with Gasteiger partial charge in [-0.15, -0.1) is 0 Å². The molecule has 0 heteroatoms. The number of aryl methyl sites for hydroxylation is 2. The zero-order valence-electron chi connectivity index (χ0n) is 16.1. The van der Waals surface area contributed by atoms with Gasteiger partial charge < -0.3 is 0 Å². The topological polar surface area (TPSA) is 0 Å². The van der Waals surface area contributed by atoms with Gasteiger partial charge in [-0.1, -0.05) is 49.3 Å². The van der Waals surface area contributed by atoms with Crippen LogP contribution >= 0.6 is 0 Å². The normalized spacial score (nSPS) is 21.6. The summed E-state index contributed by atoms with van der Waals surface area (Å²) in [4.78, 5) is 0. The summed E-state index contributed by atoms with van der Waals surface area (Å²) in [5.74, 6) is 0. The Morgan fingerprint density at radius 1 is 0.583 bits per heavy atom. The summed E-state index contributed by atoms with van der Waals surface area (Å²) in [5.41, 5.74) is 10.1. The molecule has 0 bridgehead atoms. The highest BCUT2D eigenvalue weighted by molar-refractivity contribution is 5.86. The molecule has 2 aliphatic carbocycles. The smallest absolute Gasteiger partial charge is 0.0178 e. The quantitative estimate of drug-likeness (QED) is 0.513. The summed E-state index contributed by atoms with van der Waals surface area (Å²) in [6.07, 6.45) is 5.03. The summed E-state index contributed by atoms with van der Waals surface area (Å²) >= 11 is 0. The molecule has 0 heterocycles. The van der Waals surface area contributed by atoms with Crippen LogP contribution in [0.25, 0.3) is 10.8 Å². The van der Waals surface area contributed by atoms with Gasteiger partial charge in [0, 0.05) is 0 Å². The molecule has 2 aromatic rings. The molecule has 126 valence electrons. The predicted octanol–water partition coefficient (Wildman–Crippen LogP) is 6.70. The Morgan fingerprint density at radius 2 is 0.958 bits per heavy atom. The second-order valence-corrected chi connectivity index (χ2v) is 9.29. The molecule has 0 aromatic heterocycles. The van der Waals surface area contributed by atoms with Gasteiger partial charge in [-0.05, 0) is 97.2 Å². The first kappa shape index (κ1) is 15.9. The maximum atomic E-state index is 2.54. The third-order valence-corrected chi connectivity index (χ3v) is 7.43. The maximum absolute atomic E-state index is 2.54. The molecule has 24 heavy (non-hydrogen) atoms. The van der Waals surface area contributed by atoms with E-state index < -0.39 is 0 Å². The van der Waals surface area contributed by atoms with Gasteiger partial charge in [0.15, 0.2) is 0 Å². The zero-order chi connectivity index (χ0) is 17.3. The molecule has 2 aliphatic rings. The Bertz CT molecular complexity index is 814. The van der Waals surface area contributed by atoms with Gasteiger partial charge in [-0.25, -0.2) is 0 Å². The minimum atomic E-state index is 0.385. The van der Waals surface area contributed by atoms with Gasteiger partial charge >= 0.3 is 0 Å². The lowest BCUT2D eigenvalue weighted by Gasteiger charge is -2.42. The van der Waals surface area contributed by atoms with E-state index in [1.807, 2.05) is 0 Å². The molecule has 0 saturated carbocycles. The molecule has 0 radical (unpaired) electrons. The molecule has 0 spiro atoms. The number of allylic oxidation sites excluding steroid dienone is 2. The van der Waals surface area contributed by atoms with E-state index in [2.05, 4.69) is 65.8 Å². The van der Waals surface area contributed by atoms with E-state index in [4.69, 9.17) is 0 Å². The number of benzene rings is 2. The van der Waals surface area contributed by atoms with Crippen LogP contribution in [0.2, 0.25) is 0 Å². The van der Waals surface area contributed by atoms with Crippen LogP contribution in [0, 0.1) is 24.7 Å². The van der Waals surface area contributed by atoms with Crippen LogP contribution in [0.1, 0.15) is 62.8 Å². The van der Waals surface area contributed by atoms with Crippen molar-refractivity contribution < 1.29 is 0 Å². The lowest BCUT2D eigenvalue weighted by molar-refractivity contribution is 0.0895. The van der Waals surface area contributed by atoms with E-state index in [1.54, 1.807) is 22.3 Å². The first-order valence-electron chi connectivity index (χ1n) is 9.39. The standard InChI is InChI=1S/C24H30/c1-15-7-19-9-21-13-24(6,23(5)11-17(3)18(4)12-23)14-22(21)10-20(19)8-16(15)2/h7-10H,11-14H2,1-6H3. The fourth-order valence-corrected chi connectivity index (χ4v) is 5.29. The average Bonchev–Trinajstić information content (AvgIpc) is 2.96. The molecule has 2 aromatic carbocycles. The molecule has 4 rings (SSSR count). The van der Waals surface area contributed by atoms with Gasteiger partial charge in [-0.3, -0.25) is 0 Å². The van der Waals surface area contributed by atoms with Crippen LogP contribution in [0.15, 0.2) is 35.4 Å². The molecule has 0 aliphatic heterocycles. The number of hydrogen-bond donors (Lipinski definition) is 0. The summed E-state index contributed by atoms with van der Waals surface area (Å²) in [5, 5.41) is 2.84. The predicted molar refractivity (Wildman–Crippen MR) is 105 cm³/mol. The van der Waals surface area contributed by atoms with E-state index in [9.17, 15) is 0 Å². The molecular weight excluding hydrogens is 288 g/mol. The lowest BCUT2D eigenvalue weighted by atomic mass is 9.61. The van der Waals surface area contributed by atoms with E-state index in [0.29, 0.717) is 10.8 Å². The monoisotopic (exact) mass is 318 g/mol. The van der Waals surface area contributed by atoms with E-state index >= 15 is 0 Å². The second-order valence-electron chi connectivity index (χ2n) is 9.29. The van der Waals surface area contributed by atoms with Gasteiger partial charge in [0.25, 0.3) is 0 Å². The van der Waals surface area contributed by atoms with Crippen molar-refractivity contribution in [2.45, 2.75) is 67.2 Å². The summed E-state index contributed by atoms with van der Waals surface area (Å²) in [7, 11) is 0. The first-order valence-corrected chi connectivity index (χ1v) is 9.39. The van der Waals surface area contributed by atoms with Crippen molar-refractivity contribution in [2.75, 3.05) is 0 Å². The summed E-state index contributed by atoms with van der Waals surface area (Å²) in [6.45, 7) is 14.2. The summed E-state index contributed by atoms with van der Waals surface area (Å²) < 4.78 is 0. The number of hydrogen-bond acceptors (Lipinski definition) is 0. The minimum absolute atomic E-state index is 0.385. The van der Waals surface area contributed by atoms with Crippen molar-refractivity contribution in [3.05, 3.63) is 57.7 Å². The van der Waals surface area contributed by atoms with Crippen LogP contribution in [-0.2, 0) is 12.8 Å². The lowest BCUT2D eigenvalue weighted by Crippen LogP contribution is -2.37. The highest BCUT2D eigenvalue weighted by Crippen LogP contribution is 2.58. The molecule has 0 nitrogen and oxygen atoms in total. The van der Waals surface area contributed by atoms with Crippen LogP contribution in [-0.4, -0.2) is 0 Å². The van der Waals surface area contributed by atoms with Gasteiger partial charge in [0.2, 0.25) is 0 Å². The second kappa shape index (κ2) is 4.97. The van der Waals surface area contributed by atoms with Crippen molar-refractivity contribution in [2.24, 2.45) is 10.8 Å². The fraction of sp³-hybridized carbons (Fsp3) is 0.500. The van der Waals surface area contributed by atoms with Gasteiger partial charge in [0.1, 0.15) is 0 Å². The largest absolute Gasteiger partial charge is 0.0738 e. The van der Waals surface area contributed by atoms with Crippen molar-refractivity contribution >= 4 is 10.8 Å². The molecule has 0 saturated heterocycles. The zero-order valence-corrected chi connectivity index (χ0v) is 16.1. The Kier molecular flexibility index (Phi) is 3.30. The maximum Gasteiger partial charge on any atom is -0.0178 e. The van der Waals surface area contributed by atoms with Crippen molar-refractivity contribution in [1.29, 1.82) is 0 Å². The van der Waals surface area contributed by atoms with Gasteiger partial charge in [0.05, 0.1) is 0 Å². The Balaban J connectivity index is 1.75. The number of rotatable bonds is 1. The minimum Gasteiger partial charge on any atom is -0.0738 e. The van der Waals surface area contributed by atoms with Gasteiger partial charge in [-0.2, -0.15) is 0 Å². The molecule has 0 fully saturated rings. The van der Waals surface area contributed by atoms with E-state index in [1.165, 1.54) is 47.6 Å². The highest BCUT2D eigenvalue weighted by atomic mass is 14.5. The third-order valence-electron chi connectivity index (χ3n) is 7.43. The molecule has 0 N–H and O–H groups in total. The van der Waals surface area contributed by atoms with Crippen molar-refractivity contribution in [3.8, 4) is 0 Å². The van der Waals surface area contributed by atoms with Crippen molar-refractivity contribution in [3.63, 3.8) is 0 Å². The molecule has 0 amide bonds. The third kappa shape index (κ3) is 2.19. The summed E-state index contributed by atoms with van der Waals surface area (Å²) in [6, 6.07) is 9.70. The highest BCUT2D eigenvalue weighted by Gasteiger charge is 2.49. The SMILES string of the molecule is CC1=C(C)CC(C)(C2(C)Cc3cc4cc(C)c(C)cc4cc3C2)C1. The Morgan fingerprint density at radius 3 is 1.38 bits per heavy atom. The Labute approximate surface area is 147 Å². The molecule has 0 unspecified atom stereocenters. The Hall–Kier alpha value is -1.56. The van der Waals surface area contributed by atoms with Crippen LogP contribution < -0.4 is 0 Å². The molecule has 0 atom stereocenters.